The van der Waals surface area contributed by atoms with Crippen molar-refractivity contribution in [1.29, 1.82) is 0 Å². The van der Waals surface area contributed by atoms with Gasteiger partial charge in [-0.3, -0.25) is 0 Å². The molecule has 0 radical (unpaired) electrons. The number of anilines is 1. The van der Waals surface area contributed by atoms with Crippen molar-refractivity contribution in [2.45, 2.75) is 6.92 Å². The maximum atomic E-state index is 6.16. The molecule has 0 unspecified atom stereocenters. The van der Waals surface area contributed by atoms with Crippen LogP contribution in [-0.2, 0) is 0 Å². The average molecular weight is 284 g/mol. The third-order valence-electron chi connectivity index (χ3n) is 2.24. The molecule has 18 heavy (non-hydrogen) atoms. The van der Waals surface area contributed by atoms with Crippen LogP contribution in [0.3, 0.4) is 0 Å². The minimum atomic E-state index is 0.376. The molecule has 0 aliphatic heterocycles. The first-order valence-corrected chi connectivity index (χ1v) is 6.08. The summed E-state index contributed by atoms with van der Waals surface area (Å²) >= 11 is 12.3. The average Bonchev–Trinajstić information content (AvgIpc) is 2.33. The fourth-order valence-corrected chi connectivity index (χ4v) is 1.92. The summed E-state index contributed by atoms with van der Waals surface area (Å²) in [6.45, 7) is 2.39. The van der Waals surface area contributed by atoms with Gasteiger partial charge < -0.3 is 10.5 Å². The Kier molecular flexibility index (Phi) is 3.89. The number of benzene rings is 1. The first-order chi connectivity index (χ1) is 8.61. The van der Waals surface area contributed by atoms with E-state index < -0.39 is 0 Å². The van der Waals surface area contributed by atoms with E-state index in [1.54, 1.807) is 24.4 Å². The summed E-state index contributed by atoms with van der Waals surface area (Å²) < 4.78 is 5.35. The highest BCUT2D eigenvalue weighted by Gasteiger charge is 2.12. The van der Waals surface area contributed by atoms with E-state index in [2.05, 4.69) is 9.97 Å². The normalized spacial score (nSPS) is 10.4. The lowest BCUT2D eigenvalue weighted by Gasteiger charge is -2.09. The molecule has 2 aromatic rings. The molecule has 0 aliphatic rings. The number of hydrogen-bond acceptors (Lipinski definition) is 4. The largest absolute Gasteiger partial charge is 0.492 e. The molecule has 4 nitrogen and oxygen atoms in total. The summed E-state index contributed by atoms with van der Waals surface area (Å²) in [5.74, 6) is 1.35. The van der Waals surface area contributed by atoms with Gasteiger partial charge >= 0.3 is 0 Å². The van der Waals surface area contributed by atoms with Crippen molar-refractivity contribution >= 4 is 29.0 Å². The first kappa shape index (κ1) is 12.9. The van der Waals surface area contributed by atoms with Gasteiger partial charge in [0.2, 0.25) is 0 Å². The number of nitrogens with two attached hydrogens (primary N) is 1. The van der Waals surface area contributed by atoms with Crippen LogP contribution in [0, 0.1) is 0 Å². The third kappa shape index (κ3) is 2.66. The van der Waals surface area contributed by atoms with Crippen LogP contribution >= 0.6 is 23.2 Å². The van der Waals surface area contributed by atoms with Gasteiger partial charge in [0.15, 0.2) is 5.82 Å². The summed E-state index contributed by atoms with van der Waals surface area (Å²) in [7, 11) is 0. The highest BCUT2D eigenvalue weighted by atomic mass is 35.5. The predicted octanol–water partition coefficient (Wildman–Crippen LogP) is 3.43. The van der Waals surface area contributed by atoms with E-state index in [-0.39, 0.29) is 0 Å². The van der Waals surface area contributed by atoms with Crippen LogP contribution < -0.4 is 10.5 Å². The van der Waals surface area contributed by atoms with Crippen molar-refractivity contribution in [2.24, 2.45) is 0 Å². The standard InChI is InChI=1S/C12H11Cl2N3O/c1-2-18-10-6-8(13)7(5-9(10)14)12-16-4-3-11(15)17-12/h3-6H,2H2,1H3,(H2,15,16,17). The van der Waals surface area contributed by atoms with Crippen molar-refractivity contribution in [2.75, 3.05) is 12.3 Å². The van der Waals surface area contributed by atoms with Gasteiger partial charge in [0.25, 0.3) is 0 Å². The highest BCUT2D eigenvalue weighted by Crippen LogP contribution is 2.35. The van der Waals surface area contributed by atoms with Crippen LogP contribution in [0.5, 0.6) is 5.75 Å². The van der Waals surface area contributed by atoms with E-state index >= 15 is 0 Å². The zero-order chi connectivity index (χ0) is 13.1. The second-order valence-electron chi connectivity index (χ2n) is 3.50. The molecule has 0 atom stereocenters. The quantitative estimate of drug-likeness (QED) is 0.938. The molecule has 2 rings (SSSR count). The number of nitrogens with zero attached hydrogens (tertiary/aromatic N) is 2. The van der Waals surface area contributed by atoms with Gasteiger partial charge in [-0.2, -0.15) is 0 Å². The molecule has 1 aromatic heterocycles. The Morgan fingerprint density at radius 2 is 2.06 bits per heavy atom. The lowest BCUT2D eigenvalue weighted by atomic mass is 10.2. The van der Waals surface area contributed by atoms with Crippen LogP contribution in [0.25, 0.3) is 11.4 Å². The Labute approximate surface area is 115 Å². The SMILES string of the molecule is CCOc1cc(Cl)c(-c2nccc(N)n2)cc1Cl. The van der Waals surface area contributed by atoms with Gasteiger partial charge in [-0.1, -0.05) is 23.2 Å². The van der Waals surface area contributed by atoms with E-state index in [0.29, 0.717) is 39.6 Å². The van der Waals surface area contributed by atoms with Crippen LogP contribution in [0.2, 0.25) is 10.0 Å². The van der Waals surface area contributed by atoms with E-state index in [1.165, 1.54) is 0 Å². The molecule has 0 spiro atoms. The lowest BCUT2D eigenvalue weighted by molar-refractivity contribution is 0.340. The Balaban J connectivity index is 2.49. The summed E-state index contributed by atoms with van der Waals surface area (Å²) in [6, 6.07) is 4.92. The van der Waals surface area contributed by atoms with E-state index in [9.17, 15) is 0 Å². The smallest absolute Gasteiger partial charge is 0.163 e. The number of aromatic nitrogens is 2. The van der Waals surface area contributed by atoms with E-state index in [1.807, 2.05) is 6.92 Å². The third-order valence-corrected chi connectivity index (χ3v) is 2.85. The predicted molar refractivity (Wildman–Crippen MR) is 73.1 cm³/mol. The number of ether oxygens (including phenoxy) is 1. The summed E-state index contributed by atoms with van der Waals surface area (Å²) in [5, 5.41) is 0.927. The highest BCUT2D eigenvalue weighted by molar-refractivity contribution is 6.36. The monoisotopic (exact) mass is 283 g/mol. The van der Waals surface area contributed by atoms with Gasteiger partial charge in [-0.05, 0) is 19.1 Å². The van der Waals surface area contributed by atoms with Crippen LogP contribution in [0.1, 0.15) is 6.92 Å². The zero-order valence-electron chi connectivity index (χ0n) is 9.65. The zero-order valence-corrected chi connectivity index (χ0v) is 11.2. The van der Waals surface area contributed by atoms with Gasteiger partial charge in [0.1, 0.15) is 11.6 Å². The Morgan fingerprint density at radius 1 is 1.28 bits per heavy atom. The Bertz CT molecular complexity index is 575. The molecular formula is C12H11Cl2N3O. The number of nitrogen functional groups attached to an aromatic ring is 1. The maximum absolute atomic E-state index is 6.16. The molecule has 94 valence electrons. The molecule has 0 saturated carbocycles. The minimum absolute atomic E-state index is 0.376. The molecule has 6 heteroatoms. The topological polar surface area (TPSA) is 61.0 Å². The molecule has 0 amide bonds. The fraction of sp³-hybridized carbons (Fsp3) is 0.167. The van der Waals surface area contributed by atoms with Crippen LogP contribution in [0.4, 0.5) is 5.82 Å². The van der Waals surface area contributed by atoms with Gasteiger partial charge in [0.05, 0.1) is 16.7 Å². The molecule has 0 bridgehead atoms. The van der Waals surface area contributed by atoms with Crippen molar-refractivity contribution in [1.82, 2.24) is 9.97 Å². The summed E-state index contributed by atoms with van der Waals surface area (Å²) in [4.78, 5) is 8.22. The number of hydrogen-bond donors (Lipinski definition) is 1. The molecule has 0 fully saturated rings. The van der Waals surface area contributed by atoms with Gasteiger partial charge in [-0.25, -0.2) is 9.97 Å². The second kappa shape index (κ2) is 5.42. The maximum Gasteiger partial charge on any atom is 0.163 e. The van der Waals surface area contributed by atoms with Crippen molar-refractivity contribution in [3.8, 4) is 17.1 Å². The van der Waals surface area contributed by atoms with Crippen LogP contribution in [-0.4, -0.2) is 16.6 Å². The second-order valence-corrected chi connectivity index (χ2v) is 4.32. The molecular weight excluding hydrogens is 273 g/mol. The molecule has 1 aromatic carbocycles. The molecule has 0 saturated heterocycles. The Morgan fingerprint density at radius 3 is 2.72 bits per heavy atom. The van der Waals surface area contributed by atoms with Crippen molar-refractivity contribution < 1.29 is 4.74 Å². The first-order valence-electron chi connectivity index (χ1n) is 5.32. The molecule has 1 heterocycles. The Hall–Kier alpha value is -1.52. The number of halogens is 2. The van der Waals surface area contributed by atoms with Gasteiger partial charge in [-0.15, -0.1) is 0 Å². The minimum Gasteiger partial charge on any atom is -0.492 e. The lowest BCUT2D eigenvalue weighted by Crippen LogP contribution is -1.97. The summed E-state index contributed by atoms with van der Waals surface area (Å²) in [6.07, 6.45) is 1.57. The summed E-state index contributed by atoms with van der Waals surface area (Å²) in [5.41, 5.74) is 6.23. The number of rotatable bonds is 3. The fourth-order valence-electron chi connectivity index (χ4n) is 1.47. The van der Waals surface area contributed by atoms with Crippen molar-refractivity contribution in [3.63, 3.8) is 0 Å². The van der Waals surface area contributed by atoms with Gasteiger partial charge in [0, 0.05) is 17.8 Å². The van der Waals surface area contributed by atoms with Crippen LogP contribution in [0.15, 0.2) is 24.4 Å². The van der Waals surface area contributed by atoms with E-state index in [4.69, 9.17) is 33.7 Å². The molecule has 2 N–H and O–H groups in total. The van der Waals surface area contributed by atoms with E-state index in [0.717, 1.165) is 0 Å². The van der Waals surface area contributed by atoms with Crippen molar-refractivity contribution in [3.05, 3.63) is 34.4 Å². The molecule has 0 aliphatic carbocycles.